The molecule has 124 valence electrons. The topological polar surface area (TPSA) is 38.5 Å². The lowest BCUT2D eigenvalue weighted by Gasteiger charge is -2.20. The highest BCUT2D eigenvalue weighted by Gasteiger charge is 2.12. The van der Waals surface area contributed by atoms with Crippen molar-refractivity contribution in [2.24, 2.45) is 5.73 Å². The Morgan fingerprint density at radius 2 is 1.70 bits per heavy atom. The molecular weight excluding hydrogens is 284 g/mol. The van der Waals surface area contributed by atoms with E-state index in [2.05, 4.69) is 75.3 Å². The Hall–Kier alpha value is -2.00. The fraction of sp³-hybridized carbons (Fsp3) is 0.400. The first-order valence-corrected chi connectivity index (χ1v) is 8.19. The average Bonchev–Trinajstić information content (AvgIpc) is 2.54. The largest absolute Gasteiger partial charge is 0.493 e. The number of ether oxygens (including phenoxy) is 1. The van der Waals surface area contributed by atoms with E-state index in [1.165, 1.54) is 22.4 Å². The summed E-state index contributed by atoms with van der Waals surface area (Å²) in [5.41, 5.74) is 10.9. The summed E-state index contributed by atoms with van der Waals surface area (Å²) in [4.78, 5) is 2.12. The van der Waals surface area contributed by atoms with Gasteiger partial charge in [0.05, 0.1) is 6.61 Å². The van der Waals surface area contributed by atoms with Crippen LogP contribution >= 0.6 is 0 Å². The van der Waals surface area contributed by atoms with Crippen LogP contribution in [0.5, 0.6) is 5.75 Å². The molecule has 2 rings (SSSR count). The molecule has 0 amide bonds. The summed E-state index contributed by atoms with van der Waals surface area (Å²) < 4.78 is 6.03. The summed E-state index contributed by atoms with van der Waals surface area (Å²) in [6, 6.07) is 14.8. The third kappa shape index (κ3) is 4.49. The average molecular weight is 312 g/mol. The van der Waals surface area contributed by atoms with E-state index in [4.69, 9.17) is 10.5 Å². The second kappa shape index (κ2) is 8.02. The zero-order chi connectivity index (χ0) is 16.8. The van der Waals surface area contributed by atoms with Crippen LogP contribution in [0.1, 0.15) is 29.0 Å². The smallest absolute Gasteiger partial charge is 0.125 e. The Bertz CT molecular complexity index is 617. The number of hydrogen-bond donors (Lipinski definition) is 1. The molecule has 2 aromatic rings. The predicted molar refractivity (Wildman–Crippen MR) is 98.6 cm³/mol. The van der Waals surface area contributed by atoms with E-state index >= 15 is 0 Å². The van der Waals surface area contributed by atoms with Crippen molar-refractivity contribution in [3.8, 4) is 5.75 Å². The number of benzene rings is 2. The third-order valence-electron chi connectivity index (χ3n) is 4.26. The van der Waals surface area contributed by atoms with Crippen LogP contribution < -0.4 is 15.4 Å². The van der Waals surface area contributed by atoms with E-state index in [9.17, 15) is 0 Å². The van der Waals surface area contributed by atoms with Gasteiger partial charge in [-0.3, -0.25) is 0 Å². The van der Waals surface area contributed by atoms with E-state index in [1.807, 2.05) is 0 Å². The highest BCUT2D eigenvalue weighted by atomic mass is 16.5. The van der Waals surface area contributed by atoms with Crippen molar-refractivity contribution in [2.75, 3.05) is 32.1 Å². The van der Waals surface area contributed by atoms with Gasteiger partial charge in [0.2, 0.25) is 0 Å². The van der Waals surface area contributed by atoms with E-state index in [-0.39, 0.29) is 0 Å². The van der Waals surface area contributed by atoms with Crippen LogP contribution in [0.25, 0.3) is 0 Å². The van der Waals surface area contributed by atoms with E-state index in [0.717, 1.165) is 12.2 Å². The van der Waals surface area contributed by atoms with Gasteiger partial charge in [0, 0.05) is 19.8 Å². The Kier molecular flexibility index (Phi) is 6.05. The van der Waals surface area contributed by atoms with Crippen molar-refractivity contribution in [2.45, 2.75) is 26.2 Å². The molecule has 1 atom stereocenters. The van der Waals surface area contributed by atoms with Gasteiger partial charge in [0.15, 0.2) is 0 Å². The van der Waals surface area contributed by atoms with Gasteiger partial charge in [-0.1, -0.05) is 30.3 Å². The van der Waals surface area contributed by atoms with Crippen molar-refractivity contribution < 1.29 is 4.74 Å². The number of anilines is 1. The summed E-state index contributed by atoms with van der Waals surface area (Å²) in [5, 5.41) is 0. The molecule has 3 nitrogen and oxygen atoms in total. The minimum atomic E-state index is 0.319. The van der Waals surface area contributed by atoms with E-state index in [0.29, 0.717) is 19.1 Å². The molecule has 2 aromatic carbocycles. The van der Waals surface area contributed by atoms with Crippen molar-refractivity contribution in [1.82, 2.24) is 0 Å². The number of hydrogen-bond acceptors (Lipinski definition) is 3. The van der Waals surface area contributed by atoms with Crippen LogP contribution in [0, 0.1) is 13.8 Å². The van der Waals surface area contributed by atoms with Gasteiger partial charge < -0.3 is 15.4 Å². The van der Waals surface area contributed by atoms with Gasteiger partial charge >= 0.3 is 0 Å². The van der Waals surface area contributed by atoms with Crippen LogP contribution in [0.3, 0.4) is 0 Å². The summed E-state index contributed by atoms with van der Waals surface area (Å²) in [5.74, 6) is 1.32. The Morgan fingerprint density at radius 3 is 2.30 bits per heavy atom. The Labute approximate surface area is 140 Å². The van der Waals surface area contributed by atoms with Gasteiger partial charge in [-0.15, -0.1) is 0 Å². The van der Waals surface area contributed by atoms with Crippen LogP contribution in [0.2, 0.25) is 0 Å². The van der Waals surface area contributed by atoms with Crippen molar-refractivity contribution >= 4 is 5.69 Å². The highest BCUT2D eigenvalue weighted by molar-refractivity contribution is 5.48. The molecule has 0 aliphatic rings. The maximum absolute atomic E-state index is 6.03. The molecule has 0 spiro atoms. The lowest BCUT2D eigenvalue weighted by atomic mass is 9.95. The molecule has 0 saturated carbocycles. The Morgan fingerprint density at radius 1 is 1.04 bits per heavy atom. The lowest BCUT2D eigenvalue weighted by Crippen LogP contribution is -2.17. The molecule has 0 aliphatic heterocycles. The minimum Gasteiger partial charge on any atom is -0.493 e. The molecule has 3 heteroatoms. The zero-order valence-corrected chi connectivity index (χ0v) is 14.7. The summed E-state index contributed by atoms with van der Waals surface area (Å²) >= 11 is 0. The summed E-state index contributed by atoms with van der Waals surface area (Å²) in [6.45, 7) is 5.49. The second-order valence-electron chi connectivity index (χ2n) is 6.28. The standard InChI is InChI=1S/C20H28N2O/c1-15-7-5-8-16(2)20(15)23-12-11-18(14-21)17-9-6-10-19(13-17)22(3)4/h5-10,13,18H,11-12,14,21H2,1-4H3. The van der Waals surface area contributed by atoms with Gasteiger partial charge in [0.25, 0.3) is 0 Å². The van der Waals surface area contributed by atoms with Crippen molar-refractivity contribution in [1.29, 1.82) is 0 Å². The van der Waals surface area contributed by atoms with Gasteiger partial charge in [-0.25, -0.2) is 0 Å². The van der Waals surface area contributed by atoms with Crippen molar-refractivity contribution in [3.05, 3.63) is 59.2 Å². The fourth-order valence-corrected chi connectivity index (χ4v) is 2.81. The first-order valence-electron chi connectivity index (χ1n) is 8.19. The molecule has 0 fully saturated rings. The SMILES string of the molecule is Cc1cccc(C)c1OCCC(CN)c1cccc(N(C)C)c1. The second-order valence-corrected chi connectivity index (χ2v) is 6.28. The normalized spacial score (nSPS) is 12.0. The molecule has 0 saturated heterocycles. The molecule has 2 N–H and O–H groups in total. The van der Waals surface area contributed by atoms with Crippen LogP contribution in [-0.2, 0) is 0 Å². The predicted octanol–water partition coefficient (Wildman–Crippen LogP) is 3.88. The molecule has 0 aromatic heterocycles. The summed E-state index contributed by atoms with van der Waals surface area (Å²) in [6.07, 6.45) is 0.918. The Balaban J connectivity index is 2.02. The van der Waals surface area contributed by atoms with Gasteiger partial charge in [0.1, 0.15) is 5.75 Å². The first-order chi connectivity index (χ1) is 11.0. The maximum Gasteiger partial charge on any atom is 0.125 e. The minimum absolute atomic E-state index is 0.319. The van der Waals surface area contributed by atoms with Crippen LogP contribution in [0.15, 0.2) is 42.5 Å². The summed E-state index contributed by atoms with van der Waals surface area (Å²) in [7, 11) is 4.11. The molecular formula is C20H28N2O. The lowest BCUT2D eigenvalue weighted by molar-refractivity contribution is 0.294. The van der Waals surface area contributed by atoms with E-state index < -0.39 is 0 Å². The molecule has 1 unspecified atom stereocenters. The number of aryl methyl sites for hydroxylation is 2. The van der Waals surface area contributed by atoms with E-state index in [1.54, 1.807) is 0 Å². The zero-order valence-electron chi connectivity index (χ0n) is 14.7. The molecule has 0 radical (unpaired) electrons. The number of nitrogens with zero attached hydrogens (tertiary/aromatic N) is 1. The van der Waals surface area contributed by atoms with Gasteiger partial charge in [-0.05, 0) is 61.6 Å². The highest BCUT2D eigenvalue weighted by Crippen LogP contribution is 2.26. The molecule has 0 aliphatic carbocycles. The quantitative estimate of drug-likeness (QED) is 0.843. The monoisotopic (exact) mass is 312 g/mol. The molecule has 0 heterocycles. The number of rotatable bonds is 7. The first kappa shape index (κ1) is 17.4. The number of nitrogens with two attached hydrogens (primary N) is 1. The maximum atomic E-state index is 6.03. The van der Waals surface area contributed by atoms with Crippen molar-refractivity contribution in [3.63, 3.8) is 0 Å². The molecule has 0 bridgehead atoms. The van der Waals surface area contributed by atoms with Crippen LogP contribution in [-0.4, -0.2) is 27.2 Å². The van der Waals surface area contributed by atoms with Crippen LogP contribution in [0.4, 0.5) is 5.69 Å². The third-order valence-corrected chi connectivity index (χ3v) is 4.26. The molecule has 23 heavy (non-hydrogen) atoms. The fourth-order valence-electron chi connectivity index (χ4n) is 2.81. The van der Waals surface area contributed by atoms with Gasteiger partial charge in [-0.2, -0.15) is 0 Å². The number of para-hydroxylation sites is 1.